The number of ether oxygens (including phenoxy) is 1. The van der Waals surface area contributed by atoms with Gasteiger partial charge in [0, 0.05) is 22.6 Å². The van der Waals surface area contributed by atoms with Crippen LogP contribution in [0, 0.1) is 5.82 Å². The van der Waals surface area contributed by atoms with Crippen molar-refractivity contribution in [2.24, 2.45) is 0 Å². The molecule has 2 aromatic carbocycles. The van der Waals surface area contributed by atoms with Crippen LogP contribution in [-0.2, 0) is 21.4 Å². The molecule has 7 nitrogen and oxygen atoms in total. The van der Waals surface area contributed by atoms with Crippen molar-refractivity contribution >= 4 is 37.6 Å². The number of sulfonamides is 1. The number of hydrogen-bond acceptors (Lipinski definition) is 5. The number of fused-ring (bicyclic) bond motifs is 1. The number of hydrogen-bond donors (Lipinski definition) is 1. The van der Waals surface area contributed by atoms with Gasteiger partial charge in [0.1, 0.15) is 23.0 Å². The average Bonchev–Trinajstić information content (AvgIpc) is 2.60. The molecule has 0 atom stereocenters. The van der Waals surface area contributed by atoms with Gasteiger partial charge in [-0.2, -0.15) is 4.31 Å². The lowest BCUT2D eigenvalue weighted by molar-refractivity contribution is -0.135. The lowest BCUT2D eigenvalue weighted by atomic mass is 10.2. The van der Waals surface area contributed by atoms with Crippen LogP contribution in [0.15, 0.2) is 45.8 Å². The molecule has 27 heavy (non-hydrogen) atoms. The highest BCUT2D eigenvalue weighted by Gasteiger charge is 2.36. The molecule has 0 radical (unpaired) electrons. The Balaban J connectivity index is 2.05. The second-order valence-corrected chi connectivity index (χ2v) is 8.74. The molecule has 2 aromatic rings. The van der Waals surface area contributed by atoms with Gasteiger partial charge in [-0.15, -0.1) is 0 Å². The van der Waals surface area contributed by atoms with Crippen LogP contribution in [0.25, 0.3) is 0 Å². The second kappa shape index (κ2) is 7.45. The molecule has 0 aliphatic carbocycles. The Bertz CT molecular complexity index is 999. The molecule has 1 heterocycles. The summed E-state index contributed by atoms with van der Waals surface area (Å²) >= 11 is 3.16. The number of benzene rings is 2. The zero-order valence-electron chi connectivity index (χ0n) is 14.2. The fourth-order valence-electron chi connectivity index (χ4n) is 2.84. The van der Waals surface area contributed by atoms with Crippen LogP contribution in [0.1, 0.15) is 5.56 Å². The molecular formula is C17H16BrFN2O5S. The number of methoxy groups -OCH3 is 1. The van der Waals surface area contributed by atoms with Crippen molar-refractivity contribution < 1.29 is 27.4 Å². The molecule has 0 unspecified atom stereocenters. The van der Waals surface area contributed by atoms with E-state index in [0.29, 0.717) is 10.2 Å². The van der Waals surface area contributed by atoms with Gasteiger partial charge in [0.2, 0.25) is 10.0 Å². The number of rotatable bonds is 5. The van der Waals surface area contributed by atoms with Crippen LogP contribution < -0.4 is 9.64 Å². The van der Waals surface area contributed by atoms with Gasteiger partial charge < -0.3 is 14.7 Å². The molecule has 0 spiro atoms. The lowest BCUT2D eigenvalue weighted by Crippen LogP contribution is -2.47. The van der Waals surface area contributed by atoms with E-state index in [4.69, 9.17) is 4.74 Å². The number of anilines is 1. The minimum Gasteiger partial charge on any atom is -0.497 e. The molecule has 1 aliphatic rings. The Hall–Kier alpha value is -2.17. The first-order valence-electron chi connectivity index (χ1n) is 7.81. The molecule has 0 saturated carbocycles. The highest BCUT2D eigenvalue weighted by molar-refractivity contribution is 9.10. The van der Waals surface area contributed by atoms with E-state index in [1.807, 2.05) is 0 Å². The fourth-order valence-corrected chi connectivity index (χ4v) is 4.78. The van der Waals surface area contributed by atoms with Gasteiger partial charge in [-0.05, 0) is 24.3 Å². The SMILES string of the molecule is COc1ccc2c(c1)S(=O)(=O)N(Cc1ccc(Br)cc1F)CN2CC(=O)O. The van der Waals surface area contributed by atoms with Gasteiger partial charge in [0.05, 0.1) is 19.5 Å². The van der Waals surface area contributed by atoms with E-state index < -0.39 is 28.4 Å². The lowest BCUT2D eigenvalue weighted by Gasteiger charge is -2.37. The number of carbonyl (C=O) groups is 1. The second-order valence-electron chi connectivity index (χ2n) is 5.92. The molecule has 0 saturated heterocycles. The van der Waals surface area contributed by atoms with Crippen LogP contribution >= 0.6 is 15.9 Å². The van der Waals surface area contributed by atoms with Crippen molar-refractivity contribution in [2.75, 3.05) is 25.2 Å². The smallest absolute Gasteiger partial charge is 0.323 e. The van der Waals surface area contributed by atoms with Crippen LogP contribution in [-0.4, -0.2) is 44.1 Å². The summed E-state index contributed by atoms with van der Waals surface area (Å²) in [6.45, 7) is -0.828. The topological polar surface area (TPSA) is 87.2 Å². The van der Waals surface area contributed by atoms with E-state index in [2.05, 4.69) is 15.9 Å². The number of halogens is 2. The maximum absolute atomic E-state index is 14.2. The Labute approximate surface area is 164 Å². The van der Waals surface area contributed by atoms with Crippen molar-refractivity contribution in [1.82, 2.24) is 4.31 Å². The van der Waals surface area contributed by atoms with Gasteiger partial charge in [-0.25, -0.2) is 12.8 Å². The number of carboxylic acid groups (broad SMARTS) is 1. The van der Waals surface area contributed by atoms with E-state index >= 15 is 0 Å². The fraction of sp³-hybridized carbons (Fsp3) is 0.235. The standard InChI is InChI=1S/C17H16BrFN2O5S/c1-26-13-4-5-15-16(7-13)27(24,25)21(10-20(15)9-17(22)23)8-11-2-3-12(18)6-14(11)19/h2-7H,8-10H2,1H3,(H,22,23). The van der Waals surface area contributed by atoms with Gasteiger partial charge in [0.25, 0.3) is 0 Å². The maximum atomic E-state index is 14.2. The molecule has 144 valence electrons. The maximum Gasteiger partial charge on any atom is 0.323 e. The Morgan fingerprint density at radius 3 is 2.67 bits per heavy atom. The first-order chi connectivity index (χ1) is 12.7. The number of nitrogens with zero attached hydrogens (tertiary/aromatic N) is 2. The zero-order chi connectivity index (χ0) is 19.8. The third kappa shape index (κ3) is 3.92. The molecule has 0 fully saturated rings. The first kappa shape index (κ1) is 19.6. The van der Waals surface area contributed by atoms with Crippen LogP contribution in [0.2, 0.25) is 0 Å². The predicted octanol–water partition coefficient (Wildman–Crippen LogP) is 2.65. The van der Waals surface area contributed by atoms with Gasteiger partial charge in [0.15, 0.2) is 0 Å². The summed E-state index contributed by atoms with van der Waals surface area (Å²) in [5.41, 5.74) is 0.453. The molecule has 10 heteroatoms. The first-order valence-corrected chi connectivity index (χ1v) is 10.0. The third-order valence-corrected chi connectivity index (χ3v) is 6.44. The number of carboxylic acids is 1. The third-order valence-electron chi connectivity index (χ3n) is 4.14. The van der Waals surface area contributed by atoms with Gasteiger partial charge >= 0.3 is 5.97 Å². The molecule has 0 bridgehead atoms. The normalized spacial score (nSPS) is 16.0. The minimum absolute atomic E-state index is 0.0770. The summed E-state index contributed by atoms with van der Waals surface area (Å²) in [6, 6.07) is 8.75. The Morgan fingerprint density at radius 2 is 2.04 bits per heavy atom. The van der Waals surface area contributed by atoms with Crippen molar-refractivity contribution in [2.45, 2.75) is 11.4 Å². The summed E-state index contributed by atoms with van der Waals surface area (Å²) in [7, 11) is -2.56. The van der Waals surface area contributed by atoms with Crippen molar-refractivity contribution in [1.29, 1.82) is 0 Å². The monoisotopic (exact) mass is 458 g/mol. The van der Waals surface area contributed by atoms with Crippen LogP contribution in [0.4, 0.5) is 10.1 Å². The molecule has 1 aliphatic heterocycles. The summed E-state index contributed by atoms with van der Waals surface area (Å²) < 4.78 is 47.0. The van der Waals surface area contributed by atoms with E-state index in [0.717, 1.165) is 4.31 Å². The summed E-state index contributed by atoms with van der Waals surface area (Å²) in [6.07, 6.45) is 0. The van der Waals surface area contributed by atoms with Gasteiger partial charge in [-0.1, -0.05) is 22.0 Å². The van der Waals surface area contributed by atoms with Crippen molar-refractivity contribution in [3.63, 3.8) is 0 Å². The Kier molecular flexibility index (Phi) is 5.41. The average molecular weight is 459 g/mol. The van der Waals surface area contributed by atoms with Crippen LogP contribution in [0.5, 0.6) is 5.75 Å². The molecule has 1 N–H and O–H groups in total. The van der Waals surface area contributed by atoms with Crippen molar-refractivity contribution in [3.05, 3.63) is 52.3 Å². The molecule has 0 aromatic heterocycles. The zero-order valence-corrected chi connectivity index (χ0v) is 16.6. The Morgan fingerprint density at radius 1 is 1.30 bits per heavy atom. The minimum atomic E-state index is -3.97. The highest BCUT2D eigenvalue weighted by atomic mass is 79.9. The summed E-state index contributed by atoms with van der Waals surface area (Å²) in [4.78, 5) is 12.6. The molecule has 3 rings (SSSR count). The highest BCUT2D eigenvalue weighted by Crippen LogP contribution is 2.36. The van der Waals surface area contributed by atoms with Gasteiger partial charge in [-0.3, -0.25) is 4.79 Å². The summed E-state index contributed by atoms with van der Waals surface area (Å²) in [5, 5.41) is 9.17. The van der Waals surface area contributed by atoms with E-state index in [1.165, 1.54) is 36.3 Å². The number of aliphatic carboxylic acids is 1. The quantitative estimate of drug-likeness (QED) is 0.740. The van der Waals surface area contributed by atoms with Crippen LogP contribution in [0.3, 0.4) is 0 Å². The molecular weight excluding hydrogens is 443 g/mol. The predicted molar refractivity (Wildman–Crippen MR) is 99.7 cm³/mol. The molecule has 0 amide bonds. The van der Waals surface area contributed by atoms with Crippen molar-refractivity contribution in [3.8, 4) is 5.75 Å². The van der Waals surface area contributed by atoms with E-state index in [1.54, 1.807) is 12.1 Å². The summed E-state index contributed by atoms with van der Waals surface area (Å²) in [5.74, 6) is -1.34. The largest absolute Gasteiger partial charge is 0.497 e. The van der Waals surface area contributed by atoms with E-state index in [9.17, 15) is 22.7 Å². The van der Waals surface area contributed by atoms with E-state index in [-0.39, 0.29) is 29.4 Å².